The van der Waals surface area contributed by atoms with E-state index in [1.165, 1.54) is 12.1 Å². The van der Waals surface area contributed by atoms with Crippen LogP contribution in [0.25, 0.3) is 11.4 Å². The maximum atomic E-state index is 12.9. The van der Waals surface area contributed by atoms with E-state index < -0.39 is 0 Å². The van der Waals surface area contributed by atoms with Crippen LogP contribution in [-0.2, 0) is 13.1 Å². The first kappa shape index (κ1) is 15.6. The summed E-state index contributed by atoms with van der Waals surface area (Å²) in [4.78, 5) is 6.40. The fourth-order valence-corrected chi connectivity index (χ4v) is 2.35. The SMILES string of the molecule is CN(Cc1ccc(F)cc1)Cc1nc(-c2ccc(Cl)cc2)no1. The zero-order valence-corrected chi connectivity index (χ0v) is 13.3. The Labute approximate surface area is 138 Å². The molecule has 0 bridgehead atoms. The van der Waals surface area contributed by atoms with Gasteiger partial charge in [-0.25, -0.2) is 4.39 Å². The monoisotopic (exact) mass is 331 g/mol. The van der Waals surface area contributed by atoms with E-state index in [-0.39, 0.29) is 5.82 Å². The highest BCUT2D eigenvalue weighted by atomic mass is 35.5. The molecule has 0 aliphatic rings. The zero-order valence-electron chi connectivity index (χ0n) is 12.5. The van der Waals surface area contributed by atoms with Gasteiger partial charge in [-0.05, 0) is 49.0 Å². The summed E-state index contributed by atoms with van der Waals surface area (Å²) in [5, 5.41) is 4.65. The van der Waals surface area contributed by atoms with Crippen LogP contribution in [0.5, 0.6) is 0 Å². The van der Waals surface area contributed by atoms with Gasteiger partial charge in [0.05, 0.1) is 6.54 Å². The number of hydrogen-bond donors (Lipinski definition) is 0. The van der Waals surface area contributed by atoms with Crippen molar-refractivity contribution < 1.29 is 8.91 Å². The van der Waals surface area contributed by atoms with Crippen molar-refractivity contribution in [1.82, 2.24) is 15.0 Å². The van der Waals surface area contributed by atoms with Gasteiger partial charge in [0.1, 0.15) is 5.82 Å². The Hall–Kier alpha value is -2.24. The molecule has 0 atom stereocenters. The van der Waals surface area contributed by atoms with Crippen molar-refractivity contribution in [2.24, 2.45) is 0 Å². The molecule has 1 heterocycles. The maximum Gasteiger partial charge on any atom is 0.241 e. The van der Waals surface area contributed by atoms with Crippen LogP contribution in [0.3, 0.4) is 0 Å². The number of aromatic nitrogens is 2. The number of benzene rings is 2. The van der Waals surface area contributed by atoms with Gasteiger partial charge >= 0.3 is 0 Å². The lowest BCUT2D eigenvalue weighted by molar-refractivity contribution is 0.261. The van der Waals surface area contributed by atoms with Crippen LogP contribution < -0.4 is 0 Å². The topological polar surface area (TPSA) is 42.2 Å². The highest BCUT2D eigenvalue weighted by Gasteiger charge is 2.11. The average molecular weight is 332 g/mol. The summed E-state index contributed by atoms with van der Waals surface area (Å²) in [5.41, 5.74) is 1.87. The molecule has 23 heavy (non-hydrogen) atoms. The van der Waals surface area contributed by atoms with Gasteiger partial charge in [-0.2, -0.15) is 4.98 Å². The third-order valence-corrected chi connectivity index (χ3v) is 3.59. The molecular formula is C17H15ClFN3O. The molecule has 3 aromatic rings. The van der Waals surface area contributed by atoms with E-state index in [1.54, 1.807) is 24.3 Å². The molecule has 2 aromatic carbocycles. The Bertz CT molecular complexity index is 771. The largest absolute Gasteiger partial charge is 0.338 e. The minimum atomic E-state index is -0.235. The predicted molar refractivity (Wildman–Crippen MR) is 86.3 cm³/mol. The summed E-state index contributed by atoms with van der Waals surface area (Å²) in [5.74, 6) is 0.826. The second-order valence-corrected chi connectivity index (χ2v) is 5.75. The van der Waals surface area contributed by atoms with Gasteiger partial charge in [-0.1, -0.05) is 28.9 Å². The van der Waals surface area contributed by atoms with Crippen molar-refractivity contribution in [1.29, 1.82) is 0 Å². The third kappa shape index (κ3) is 4.15. The Balaban J connectivity index is 1.64. The van der Waals surface area contributed by atoms with Gasteiger partial charge in [0.2, 0.25) is 11.7 Å². The molecule has 118 valence electrons. The van der Waals surface area contributed by atoms with Crippen LogP contribution in [0.2, 0.25) is 5.02 Å². The van der Waals surface area contributed by atoms with Crippen molar-refractivity contribution in [3.63, 3.8) is 0 Å². The van der Waals surface area contributed by atoms with Crippen LogP contribution in [0.4, 0.5) is 4.39 Å². The van der Waals surface area contributed by atoms with Gasteiger partial charge in [0, 0.05) is 17.1 Å². The van der Waals surface area contributed by atoms with Crippen LogP contribution in [0.15, 0.2) is 53.1 Å². The molecule has 0 unspecified atom stereocenters. The Morgan fingerprint density at radius 2 is 1.74 bits per heavy atom. The van der Waals surface area contributed by atoms with E-state index in [4.69, 9.17) is 16.1 Å². The van der Waals surface area contributed by atoms with E-state index in [0.29, 0.717) is 29.8 Å². The molecule has 0 saturated heterocycles. The summed E-state index contributed by atoms with van der Waals surface area (Å²) >= 11 is 5.87. The minimum Gasteiger partial charge on any atom is -0.338 e. The molecule has 0 radical (unpaired) electrons. The molecule has 1 aromatic heterocycles. The summed E-state index contributed by atoms with van der Waals surface area (Å²) in [7, 11) is 1.94. The third-order valence-electron chi connectivity index (χ3n) is 3.34. The Morgan fingerprint density at radius 3 is 2.43 bits per heavy atom. The normalized spacial score (nSPS) is 11.1. The lowest BCUT2D eigenvalue weighted by Gasteiger charge is -2.13. The lowest BCUT2D eigenvalue weighted by atomic mass is 10.2. The van der Waals surface area contributed by atoms with Crippen molar-refractivity contribution in [2.75, 3.05) is 7.05 Å². The quantitative estimate of drug-likeness (QED) is 0.704. The average Bonchev–Trinajstić information content (AvgIpc) is 2.98. The molecule has 3 rings (SSSR count). The standard InChI is InChI=1S/C17H15ClFN3O/c1-22(10-12-2-8-15(19)9-3-12)11-16-20-17(21-23-16)13-4-6-14(18)7-5-13/h2-9H,10-11H2,1H3. The van der Waals surface area contributed by atoms with Gasteiger partial charge in [0.15, 0.2) is 0 Å². The smallest absolute Gasteiger partial charge is 0.241 e. The predicted octanol–water partition coefficient (Wildman–Crippen LogP) is 4.16. The highest BCUT2D eigenvalue weighted by Crippen LogP contribution is 2.19. The molecule has 0 aliphatic heterocycles. The second-order valence-electron chi connectivity index (χ2n) is 5.32. The first-order valence-corrected chi connectivity index (χ1v) is 7.49. The minimum absolute atomic E-state index is 0.235. The molecule has 4 nitrogen and oxygen atoms in total. The van der Waals surface area contributed by atoms with Crippen LogP contribution >= 0.6 is 11.6 Å². The van der Waals surface area contributed by atoms with Crippen LogP contribution in [0, 0.1) is 5.82 Å². The number of nitrogens with zero attached hydrogens (tertiary/aromatic N) is 3. The van der Waals surface area contributed by atoms with Gasteiger partial charge in [-0.15, -0.1) is 0 Å². The molecule has 0 saturated carbocycles. The van der Waals surface area contributed by atoms with Gasteiger partial charge in [0.25, 0.3) is 0 Å². The second kappa shape index (κ2) is 6.89. The van der Waals surface area contributed by atoms with Gasteiger partial charge < -0.3 is 4.52 Å². The van der Waals surface area contributed by atoms with Crippen molar-refractivity contribution >= 4 is 11.6 Å². The highest BCUT2D eigenvalue weighted by molar-refractivity contribution is 6.30. The van der Waals surface area contributed by atoms with Crippen molar-refractivity contribution in [3.05, 3.63) is 70.8 Å². The van der Waals surface area contributed by atoms with Crippen LogP contribution in [-0.4, -0.2) is 22.1 Å². The van der Waals surface area contributed by atoms with E-state index in [0.717, 1.165) is 11.1 Å². The molecule has 0 N–H and O–H groups in total. The number of hydrogen-bond acceptors (Lipinski definition) is 4. The Kier molecular flexibility index (Phi) is 4.69. The fourth-order valence-electron chi connectivity index (χ4n) is 2.22. The van der Waals surface area contributed by atoms with E-state index >= 15 is 0 Å². The summed E-state index contributed by atoms with van der Waals surface area (Å²) in [6.07, 6.45) is 0. The Morgan fingerprint density at radius 1 is 1.04 bits per heavy atom. The first-order valence-electron chi connectivity index (χ1n) is 7.11. The summed E-state index contributed by atoms with van der Waals surface area (Å²) in [6.45, 7) is 1.18. The summed E-state index contributed by atoms with van der Waals surface area (Å²) < 4.78 is 18.2. The zero-order chi connectivity index (χ0) is 16.2. The first-order chi connectivity index (χ1) is 11.1. The number of halogens is 2. The molecule has 0 aliphatic carbocycles. The van der Waals surface area contributed by atoms with E-state index in [2.05, 4.69) is 10.1 Å². The molecule has 0 amide bonds. The van der Waals surface area contributed by atoms with Crippen LogP contribution in [0.1, 0.15) is 11.5 Å². The van der Waals surface area contributed by atoms with Crippen molar-refractivity contribution in [3.8, 4) is 11.4 Å². The van der Waals surface area contributed by atoms with Crippen molar-refractivity contribution in [2.45, 2.75) is 13.1 Å². The van der Waals surface area contributed by atoms with Gasteiger partial charge in [-0.3, -0.25) is 4.90 Å². The maximum absolute atomic E-state index is 12.9. The molecule has 0 fully saturated rings. The molecule has 0 spiro atoms. The number of rotatable bonds is 5. The van der Waals surface area contributed by atoms with E-state index in [9.17, 15) is 4.39 Å². The lowest BCUT2D eigenvalue weighted by Crippen LogP contribution is -2.17. The van der Waals surface area contributed by atoms with E-state index in [1.807, 2.05) is 24.1 Å². The summed E-state index contributed by atoms with van der Waals surface area (Å²) in [6, 6.07) is 13.7. The molecule has 6 heteroatoms. The fraction of sp³-hybridized carbons (Fsp3) is 0.176. The molecular weight excluding hydrogens is 317 g/mol.